The third kappa shape index (κ3) is 3.30. The molecule has 0 aliphatic rings. The van der Waals surface area contributed by atoms with Gasteiger partial charge in [-0.1, -0.05) is 23.7 Å². The molecule has 0 spiro atoms. The van der Waals surface area contributed by atoms with Crippen LogP contribution in [0.1, 0.15) is 23.0 Å². The molecule has 0 bridgehead atoms. The highest BCUT2D eigenvalue weighted by Crippen LogP contribution is 2.26. The Morgan fingerprint density at radius 2 is 2.21 bits per heavy atom. The molecule has 1 aromatic heterocycles. The van der Waals surface area contributed by atoms with Gasteiger partial charge in [0.1, 0.15) is 0 Å². The van der Waals surface area contributed by atoms with Gasteiger partial charge in [0.15, 0.2) is 0 Å². The summed E-state index contributed by atoms with van der Waals surface area (Å²) in [5.74, 6) is 0. The predicted octanol–water partition coefficient (Wildman–Crippen LogP) is 3.49. The average molecular weight is 390 g/mol. The molecule has 1 aromatic carbocycles. The molecule has 0 saturated heterocycles. The van der Waals surface area contributed by atoms with Crippen LogP contribution in [0.5, 0.6) is 0 Å². The summed E-state index contributed by atoms with van der Waals surface area (Å²) in [6.07, 6.45) is 0.826. The van der Waals surface area contributed by atoms with Crippen molar-refractivity contribution in [2.75, 3.05) is 7.05 Å². The van der Waals surface area contributed by atoms with Crippen LogP contribution in [0.4, 0.5) is 0 Å². The van der Waals surface area contributed by atoms with Crippen LogP contribution in [-0.2, 0) is 13.5 Å². The van der Waals surface area contributed by atoms with Crippen molar-refractivity contribution in [1.29, 1.82) is 0 Å². The van der Waals surface area contributed by atoms with E-state index in [0.717, 1.165) is 22.8 Å². The van der Waals surface area contributed by atoms with Crippen LogP contribution in [0, 0.1) is 10.5 Å². The number of aromatic nitrogens is 2. The Morgan fingerprint density at radius 1 is 1.47 bits per heavy atom. The van der Waals surface area contributed by atoms with Gasteiger partial charge in [0.2, 0.25) is 0 Å². The van der Waals surface area contributed by atoms with Crippen molar-refractivity contribution in [3.05, 3.63) is 49.8 Å². The smallest absolute Gasteiger partial charge is 0.0847 e. The standard InChI is InChI=1S/C14H17ClIN3/c1-9-14(15)13(19(3)18-9)8-12(17-2)10-5-4-6-11(16)7-10/h4-7,12,17H,8H2,1-3H3. The van der Waals surface area contributed by atoms with Crippen LogP contribution in [0.15, 0.2) is 24.3 Å². The number of nitrogens with zero attached hydrogens (tertiary/aromatic N) is 2. The second-order valence-electron chi connectivity index (χ2n) is 4.57. The number of nitrogens with one attached hydrogen (secondary N) is 1. The number of hydrogen-bond donors (Lipinski definition) is 1. The van der Waals surface area contributed by atoms with Crippen molar-refractivity contribution in [3.8, 4) is 0 Å². The van der Waals surface area contributed by atoms with E-state index in [1.54, 1.807) is 0 Å². The Hall–Kier alpha value is -0.590. The summed E-state index contributed by atoms with van der Waals surface area (Å²) in [5, 5.41) is 8.49. The van der Waals surface area contributed by atoms with E-state index < -0.39 is 0 Å². The molecule has 0 amide bonds. The monoisotopic (exact) mass is 389 g/mol. The molecule has 102 valence electrons. The molecule has 5 heteroatoms. The molecular formula is C14H17ClIN3. The first-order chi connectivity index (χ1) is 9.02. The number of halogens is 2. The third-order valence-corrected chi connectivity index (χ3v) is 4.42. The fourth-order valence-electron chi connectivity index (χ4n) is 2.21. The Labute approximate surface area is 132 Å². The van der Waals surface area contributed by atoms with Gasteiger partial charge in [0.25, 0.3) is 0 Å². The molecule has 1 atom stereocenters. The van der Waals surface area contributed by atoms with Gasteiger partial charge in [0, 0.05) is 23.1 Å². The highest BCUT2D eigenvalue weighted by Gasteiger charge is 2.17. The van der Waals surface area contributed by atoms with E-state index in [1.165, 1.54) is 9.13 Å². The summed E-state index contributed by atoms with van der Waals surface area (Å²) in [4.78, 5) is 0. The van der Waals surface area contributed by atoms with E-state index in [0.29, 0.717) is 0 Å². The van der Waals surface area contributed by atoms with Crippen LogP contribution >= 0.6 is 34.2 Å². The molecule has 1 N–H and O–H groups in total. The fraction of sp³-hybridized carbons (Fsp3) is 0.357. The van der Waals surface area contributed by atoms with Gasteiger partial charge in [-0.3, -0.25) is 4.68 Å². The Kier molecular flexibility index (Phi) is 4.86. The van der Waals surface area contributed by atoms with E-state index in [2.05, 4.69) is 57.3 Å². The lowest BCUT2D eigenvalue weighted by Crippen LogP contribution is -2.20. The van der Waals surface area contributed by atoms with Crippen LogP contribution in [0.25, 0.3) is 0 Å². The average Bonchev–Trinajstić information content (AvgIpc) is 2.61. The topological polar surface area (TPSA) is 29.9 Å². The van der Waals surface area contributed by atoms with Crippen LogP contribution in [-0.4, -0.2) is 16.8 Å². The quantitative estimate of drug-likeness (QED) is 0.811. The maximum absolute atomic E-state index is 6.32. The number of benzene rings is 1. The number of hydrogen-bond acceptors (Lipinski definition) is 2. The fourth-order valence-corrected chi connectivity index (χ4v) is 3.01. The van der Waals surface area contributed by atoms with Crippen molar-refractivity contribution in [1.82, 2.24) is 15.1 Å². The van der Waals surface area contributed by atoms with E-state index in [4.69, 9.17) is 11.6 Å². The minimum atomic E-state index is 0.238. The summed E-state index contributed by atoms with van der Waals surface area (Å²) >= 11 is 8.65. The van der Waals surface area contributed by atoms with E-state index in [-0.39, 0.29) is 6.04 Å². The first-order valence-electron chi connectivity index (χ1n) is 6.13. The predicted molar refractivity (Wildman–Crippen MR) is 87.6 cm³/mol. The Morgan fingerprint density at radius 3 is 2.74 bits per heavy atom. The lowest BCUT2D eigenvalue weighted by molar-refractivity contribution is 0.561. The minimum absolute atomic E-state index is 0.238. The minimum Gasteiger partial charge on any atom is -0.313 e. The molecule has 3 nitrogen and oxygen atoms in total. The van der Waals surface area contributed by atoms with Gasteiger partial charge in [0.05, 0.1) is 16.4 Å². The maximum atomic E-state index is 6.32. The van der Waals surface area contributed by atoms with Crippen molar-refractivity contribution >= 4 is 34.2 Å². The lowest BCUT2D eigenvalue weighted by atomic mass is 10.0. The maximum Gasteiger partial charge on any atom is 0.0847 e. The summed E-state index contributed by atoms with van der Waals surface area (Å²) in [5.41, 5.74) is 3.22. The molecule has 0 saturated carbocycles. The van der Waals surface area contributed by atoms with Gasteiger partial charge in [-0.05, 0) is 54.3 Å². The molecule has 0 radical (unpaired) electrons. The molecule has 0 aliphatic carbocycles. The van der Waals surface area contributed by atoms with E-state index >= 15 is 0 Å². The zero-order valence-electron chi connectivity index (χ0n) is 11.2. The SMILES string of the molecule is CNC(Cc1c(Cl)c(C)nn1C)c1cccc(I)c1. The molecule has 0 aliphatic heterocycles. The zero-order valence-corrected chi connectivity index (χ0v) is 14.2. The molecule has 0 fully saturated rings. The molecule has 1 heterocycles. The van der Waals surface area contributed by atoms with Gasteiger partial charge < -0.3 is 5.32 Å². The van der Waals surface area contributed by atoms with Gasteiger partial charge in [-0.2, -0.15) is 5.10 Å². The largest absolute Gasteiger partial charge is 0.313 e. The number of aryl methyl sites for hydroxylation is 2. The van der Waals surface area contributed by atoms with E-state index in [1.807, 2.05) is 25.7 Å². The number of likely N-dealkylation sites (N-methyl/N-ethyl adjacent to an activating group) is 1. The van der Waals surface area contributed by atoms with E-state index in [9.17, 15) is 0 Å². The van der Waals surface area contributed by atoms with Crippen LogP contribution in [0.3, 0.4) is 0 Å². The summed E-state index contributed by atoms with van der Waals surface area (Å²) in [7, 11) is 3.91. The van der Waals surface area contributed by atoms with Gasteiger partial charge >= 0.3 is 0 Å². The van der Waals surface area contributed by atoms with Crippen LogP contribution in [0.2, 0.25) is 5.02 Å². The first kappa shape index (κ1) is 14.8. The van der Waals surface area contributed by atoms with Crippen LogP contribution < -0.4 is 5.32 Å². The van der Waals surface area contributed by atoms with Crippen molar-refractivity contribution in [2.45, 2.75) is 19.4 Å². The first-order valence-corrected chi connectivity index (χ1v) is 7.59. The lowest BCUT2D eigenvalue weighted by Gasteiger charge is -2.17. The Balaban J connectivity index is 2.29. The van der Waals surface area contributed by atoms with Crippen molar-refractivity contribution in [2.24, 2.45) is 7.05 Å². The second-order valence-corrected chi connectivity index (χ2v) is 6.19. The number of rotatable bonds is 4. The normalized spacial score (nSPS) is 12.7. The van der Waals surface area contributed by atoms with Crippen molar-refractivity contribution < 1.29 is 0 Å². The summed E-state index contributed by atoms with van der Waals surface area (Å²) in [6, 6.07) is 8.75. The molecule has 2 aromatic rings. The molecular weight excluding hydrogens is 373 g/mol. The zero-order chi connectivity index (χ0) is 14.0. The summed E-state index contributed by atoms with van der Waals surface area (Å²) < 4.78 is 3.11. The molecule has 2 rings (SSSR count). The van der Waals surface area contributed by atoms with Gasteiger partial charge in [-0.15, -0.1) is 0 Å². The molecule has 19 heavy (non-hydrogen) atoms. The van der Waals surface area contributed by atoms with Crippen molar-refractivity contribution in [3.63, 3.8) is 0 Å². The highest BCUT2D eigenvalue weighted by atomic mass is 127. The van der Waals surface area contributed by atoms with Gasteiger partial charge in [-0.25, -0.2) is 0 Å². The Bertz CT molecular complexity index is 580. The summed E-state index contributed by atoms with van der Waals surface area (Å²) in [6.45, 7) is 1.94. The highest BCUT2D eigenvalue weighted by molar-refractivity contribution is 14.1. The second kappa shape index (κ2) is 6.24. The molecule has 1 unspecified atom stereocenters. The third-order valence-electron chi connectivity index (χ3n) is 3.26.